The van der Waals surface area contributed by atoms with Crippen LogP contribution in [0.1, 0.15) is 15.6 Å². The van der Waals surface area contributed by atoms with E-state index < -0.39 is 0 Å². The second-order valence-corrected chi connectivity index (χ2v) is 5.12. The van der Waals surface area contributed by atoms with Gasteiger partial charge in [-0.1, -0.05) is 12.1 Å². The summed E-state index contributed by atoms with van der Waals surface area (Å²) in [6.45, 7) is 0.938. The van der Waals surface area contributed by atoms with Crippen LogP contribution in [0, 0.1) is 0 Å². The number of ether oxygens (including phenoxy) is 1. The third-order valence-electron chi connectivity index (χ3n) is 2.59. The van der Waals surface area contributed by atoms with Gasteiger partial charge in [0.15, 0.2) is 0 Å². The molecule has 5 heteroatoms. The zero-order valence-electron chi connectivity index (χ0n) is 10.6. The van der Waals surface area contributed by atoms with Gasteiger partial charge in [-0.25, -0.2) is 0 Å². The molecule has 0 saturated carbocycles. The van der Waals surface area contributed by atoms with Crippen molar-refractivity contribution >= 4 is 11.3 Å². The molecule has 4 nitrogen and oxygen atoms in total. The van der Waals surface area contributed by atoms with Crippen molar-refractivity contribution in [2.24, 2.45) is 0 Å². The van der Waals surface area contributed by atoms with Gasteiger partial charge < -0.3 is 10.1 Å². The molecule has 0 fully saturated rings. The number of benzene rings is 1. The standard InChI is InChI=1S/C13H17N3OS/c1-14-7-6-12-15-16-13(18-12)9-10-4-3-5-11(8-10)17-2/h3-5,8,14H,6-7,9H2,1-2H3. The van der Waals surface area contributed by atoms with Crippen LogP contribution in [-0.2, 0) is 12.8 Å². The maximum Gasteiger partial charge on any atom is 0.121 e. The first kappa shape index (κ1) is 13.0. The molecule has 0 spiro atoms. The Bertz CT molecular complexity index is 498. The molecule has 0 unspecified atom stereocenters. The van der Waals surface area contributed by atoms with Gasteiger partial charge in [-0.2, -0.15) is 0 Å². The molecular weight excluding hydrogens is 246 g/mol. The van der Waals surface area contributed by atoms with E-state index in [9.17, 15) is 0 Å². The number of nitrogens with zero attached hydrogens (tertiary/aromatic N) is 2. The number of aromatic nitrogens is 2. The Hall–Kier alpha value is -1.46. The highest BCUT2D eigenvalue weighted by Gasteiger charge is 2.05. The van der Waals surface area contributed by atoms with Crippen LogP contribution in [0.4, 0.5) is 0 Å². The second-order valence-electron chi connectivity index (χ2n) is 3.97. The summed E-state index contributed by atoms with van der Waals surface area (Å²) in [4.78, 5) is 0. The van der Waals surface area contributed by atoms with Gasteiger partial charge in [0.2, 0.25) is 0 Å². The molecule has 96 valence electrons. The monoisotopic (exact) mass is 263 g/mol. The first-order valence-corrected chi connectivity index (χ1v) is 6.72. The Labute approximate surface area is 111 Å². The third kappa shape index (κ3) is 3.51. The van der Waals surface area contributed by atoms with Gasteiger partial charge in [0.1, 0.15) is 15.8 Å². The topological polar surface area (TPSA) is 47.0 Å². The van der Waals surface area contributed by atoms with Crippen LogP contribution in [0.25, 0.3) is 0 Å². The highest BCUT2D eigenvalue weighted by Crippen LogP contribution is 2.18. The number of likely N-dealkylation sites (N-methyl/N-ethyl adjacent to an activating group) is 1. The van der Waals surface area contributed by atoms with Crippen LogP contribution < -0.4 is 10.1 Å². The van der Waals surface area contributed by atoms with E-state index in [0.717, 1.165) is 35.2 Å². The fourth-order valence-electron chi connectivity index (χ4n) is 1.65. The maximum atomic E-state index is 5.21. The molecule has 0 amide bonds. The number of methoxy groups -OCH3 is 1. The van der Waals surface area contributed by atoms with E-state index in [1.165, 1.54) is 5.56 Å². The van der Waals surface area contributed by atoms with Crippen molar-refractivity contribution in [1.29, 1.82) is 0 Å². The van der Waals surface area contributed by atoms with E-state index in [4.69, 9.17) is 4.74 Å². The van der Waals surface area contributed by atoms with Crippen molar-refractivity contribution in [3.63, 3.8) is 0 Å². The van der Waals surface area contributed by atoms with E-state index in [-0.39, 0.29) is 0 Å². The fourth-order valence-corrected chi connectivity index (χ4v) is 2.53. The number of hydrogen-bond acceptors (Lipinski definition) is 5. The van der Waals surface area contributed by atoms with Crippen molar-refractivity contribution in [2.45, 2.75) is 12.8 Å². The van der Waals surface area contributed by atoms with E-state index in [0.29, 0.717) is 0 Å². The highest BCUT2D eigenvalue weighted by atomic mass is 32.1. The molecule has 1 heterocycles. The average molecular weight is 263 g/mol. The zero-order valence-corrected chi connectivity index (χ0v) is 11.5. The Morgan fingerprint density at radius 3 is 2.89 bits per heavy atom. The van der Waals surface area contributed by atoms with E-state index in [1.54, 1.807) is 18.4 Å². The molecule has 1 aromatic carbocycles. The van der Waals surface area contributed by atoms with Crippen LogP contribution >= 0.6 is 11.3 Å². The number of nitrogens with one attached hydrogen (secondary N) is 1. The van der Waals surface area contributed by atoms with Gasteiger partial charge in [0, 0.05) is 19.4 Å². The summed E-state index contributed by atoms with van der Waals surface area (Å²) in [5, 5.41) is 13.7. The Morgan fingerprint density at radius 1 is 1.28 bits per heavy atom. The van der Waals surface area contributed by atoms with Gasteiger partial charge in [0.05, 0.1) is 7.11 Å². The summed E-state index contributed by atoms with van der Waals surface area (Å²) in [5.41, 5.74) is 1.20. The number of hydrogen-bond donors (Lipinski definition) is 1. The lowest BCUT2D eigenvalue weighted by molar-refractivity contribution is 0.414. The SMILES string of the molecule is CNCCc1nnc(Cc2cccc(OC)c2)s1. The lowest BCUT2D eigenvalue weighted by atomic mass is 10.1. The van der Waals surface area contributed by atoms with Crippen molar-refractivity contribution in [3.05, 3.63) is 39.8 Å². The quantitative estimate of drug-likeness (QED) is 0.864. The minimum atomic E-state index is 0.814. The Kier molecular flexibility index (Phi) is 4.66. The van der Waals surface area contributed by atoms with Crippen molar-refractivity contribution in [2.75, 3.05) is 20.7 Å². The predicted octanol–water partition coefficient (Wildman–Crippen LogP) is 1.90. The van der Waals surface area contributed by atoms with Crippen LogP contribution in [-0.4, -0.2) is 30.9 Å². The Morgan fingerprint density at radius 2 is 2.11 bits per heavy atom. The molecular formula is C13H17N3OS. The summed E-state index contributed by atoms with van der Waals surface area (Å²) in [7, 11) is 3.62. The van der Waals surface area contributed by atoms with Crippen molar-refractivity contribution in [1.82, 2.24) is 15.5 Å². The number of rotatable bonds is 6. The molecule has 0 aliphatic heterocycles. The molecule has 2 rings (SSSR count). The summed E-state index contributed by atoms with van der Waals surface area (Å²) in [6, 6.07) is 8.06. The molecule has 0 radical (unpaired) electrons. The molecule has 0 aliphatic carbocycles. The molecule has 0 aliphatic rings. The van der Waals surface area contributed by atoms with E-state index >= 15 is 0 Å². The van der Waals surface area contributed by atoms with Crippen molar-refractivity contribution in [3.8, 4) is 5.75 Å². The second kappa shape index (κ2) is 6.47. The first-order chi connectivity index (χ1) is 8.81. The lowest BCUT2D eigenvalue weighted by Gasteiger charge is -2.01. The van der Waals surface area contributed by atoms with Gasteiger partial charge in [-0.15, -0.1) is 21.5 Å². The largest absolute Gasteiger partial charge is 0.497 e. The molecule has 2 aromatic rings. The molecule has 1 N–H and O–H groups in total. The predicted molar refractivity (Wildman–Crippen MR) is 73.3 cm³/mol. The molecule has 0 atom stereocenters. The normalized spacial score (nSPS) is 10.6. The summed E-state index contributed by atoms with van der Waals surface area (Å²) in [5.74, 6) is 0.882. The molecule has 0 saturated heterocycles. The van der Waals surface area contributed by atoms with Crippen LogP contribution in [0.2, 0.25) is 0 Å². The van der Waals surface area contributed by atoms with E-state index in [1.807, 2.05) is 25.2 Å². The van der Waals surface area contributed by atoms with Gasteiger partial charge in [-0.05, 0) is 24.7 Å². The fraction of sp³-hybridized carbons (Fsp3) is 0.385. The lowest BCUT2D eigenvalue weighted by Crippen LogP contribution is -2.09. The third-order valence-corrected chi connectivity index (χ3v) is 3.57. The van der Waals surface area contributed by atoms with Gasteiger partial charge >= 0.3 is 0 Å². The summed E-state index contributed by atoms with van der Waals surface area (Å²) in [6.07, 6.45) is 1.75. The van der Waals surface area contributed by atoms with Crippen LogP contribution in [0.3, 0.4) is 0 Å². The minimum absolute atomic E-state index is 0.814. The smallest absolute Gasteiger partial charge is 0.121 e. The minimum Gasteiger partial charge on any atom is -0.497 e. The van der Waals surface area contributed by atoms with Crippen molar-refractivity contribution < 1.29 is 4.74 Å². The highest BCUT2D eigenvalue weighted by molar-refractivity contribution is 7.11. The summed E-state index contributed by atoms with van der Waals surface area (Å²) >= 11 is 1.68. The van der Waals surface area contributed by atoms with Gasteiger partial charge in [0.25, 0.3) is 0 Å². The molecule has 1 aromatic heterocycles. The Balaban J connectivity index is 2.01. The van der Waals surface area contributed by atoms with Gasteiger partial charge in [-0.3, -0.25) is 0 Å². The molecule has 0 bridgehead atoms. The van der Waals surface area contributed by atoms with Crippen LogP contribution in [0.5, 0.6) is 5.75 Å². The average Bonchev–Trinajstić information content (AvgIpc) is 2.84. The van der Waals surface area contributed by atoms with Crippen LogP contribution in [0.15, 0.2) is 24.3 Å². The maximum absolute atomic E-state index is 5.21. The van der Waals surface area contributed by atoms with E-state index in [2.05, 4.69) is 21.6 Å². The zero-order chi connectivity index (χ0) is 12.8. The first-order valence-electron chi connectivity index (χ1n) is 5.90. The summed E-state index contributed by atoms with van der Waals surface area (Å²) < 4.78 is 5.21. The molecule has 18 heavy (non-hydrogen) atoms.